The van der Waals surface area contributed by atoms with E-state index in [-0.39, 0.29) is 11.2 Å². The summed E-state index contributed by atoms with van der Waals surface area (Å²) in [4.78, 5) is 20.6. The van der Waals surface area contributed by atoms with Crippen molar-refractivity contribution < 1.29 is 4.79 Å². The van der Waals surface area contributed by atoms with Crippen LogP contribution in [0.3, 0.4) is 0 Å². The summed E-state index contributed by atoms with van der Waals surface area (Å²) >= 11 is 5.29. The van der Waals surface area contributed by atoms with Crippen molar-refractivity contribution in [1.82, 2.24) is 14.5 Å². The van der Waals surface area contributed by atoms with Gasteiger partial charge in [-0.15, -0.1) is 11.8 Å². The number of rotatable bonds is 3. The Morgan fingerprint density at radius 2 is 2.19 bits per heavy atom. The van der Waals surface area contributed by atoms with Gasteiger partial charge in [-0.3, -0.25) is 9.78 Å². The summed E-state index contributed by atoms with van der Waals surface area (Å²) in [6.07, 6.45) is 7.51. The molecule has 1 N–H and O–H groups in total. The molecule has 5 rings (SSSR count). The molecule has 4 nitrogen and oxygen atoms in total. The molecule has 1 unspecified atom stereocenters. The smallest absolute Gasteiger partial charge is 0.197 e. The Balaban J connectivity index is 1.55. The van der Waals surface area contributed by atoms with Crippen molar-refractivity contribution in [3.05, 3.63) is 88.0 Å². The van der Waals surface area contributed by atoms with E-state index in [2.05, 4.69) is 36.5 Å². The van der Waals surface area contributed by atoms with Crippen LogP contribution in [0.4, 0.5) is 0 Å². The number of aromatic nitrogens is 3. The van der Waals surface area contributed by atoms with Crippen molar-refractivity contribution in [3.8, 4) is 0 Å². The highest BCUT2D eigenvalue weighted by Crippen LogP contribution is 2.42. The monoisotopic (exact) mass is 423 g/mol. The minimum Gasteiger partial charge on any atom is -0.360 e. The zero-order valence-electron chi connectivity index (χ0n) is 13.6. The fourth-order valence-electron chi connectivity index (χ4n) is 3.51. The molecule has 0 aliphatic carbocycles. The van der Waals surface area contributed by atoms with E-state index in [1.165, 1.54) is 0 Å². The minimum atomic E-state index is 0.0692. The molecule has 26 heavy (non-hydrogen) atoms. The molecule has 4 aromatic rings. The summed E-state index contributed by atoms with van der Waals surface area (Å²) < 4.78 is 3.19. The first-order chi connectivity index (χ1) is 12.7. The first kappa shape index (κ1) is 15.9. The van der Waals surface area contributed by atoms with Crippen LogP contribution >= 0.6 is 27.7 Å². The second-order valence-corrected chi connectivity index (χ2v) is 8.24. The van der Waals surface area contributed by atoms with Crippen LogP contribution in [0.1, 0.15) is 32.6 Å². The summed E-state index contributed by atoms with van der Waals surface area (Å²) in [5, 5.41) is 1.13. The summed E-state index contributed by atoms with van der Waals surface area (Å²) in [7, 11) is 0. The van der Waals surface area contributed by atoms with E-state index < -0.39 is 0 Å². The number of nitrogens with zero attached hydrogens (tertiary/aromatic N) is 2. The largest absolute Gasteiger partial charge is 0.360 e. The number of carbonyl (C=O) groups excluding carboxylic acids is 1. The van der Waals surface area contributed by atoms with E-state index in [0.29, 0.717) is 0 Å². The SMILES string of the molecule is O=C(c1ccn2c1CSC2c1cccnc1)c1c[nH]c2cc(Br)ccc12. The van der Waals surface area contributed by atoms with Gasteiger partial charge >= 0.3 is 0 Å². The van der Waals surface area contributed by atoms with Crippen LogP contribution in [0.2, 0.25) is 0 Å². The number of halogens is 1. The summed E-state index contributed by atoms with van der Waals surface area (Å²) in [6.45, 7) is 0. The van der Waals surface area contributed by atoms with E-state index >= 15 is 0 Å². The molecule has 4 heterocycles. The van der Waals surface area contributed by atoms with Gasteiger partial charge in [0.15, 0.2) is 5.78 Å². The highest BCUT2D eigenvalue weighted by molar-refractivity contribution is 9.10. The molecule has 0 bridgehead atoms. The number of carbonyl (C=O) groups is 1. The zero-order valence-corrected chi connectivity index (χ0v) is 16.0. The van der Waals surface area contributed by atoms with Gasteiger partial charge in [0.05, 0.1) is 0 Å². The molecule has 0 spiro atoms. The number of aromatic amines is 1. The third kappa shape index (κ3) is 2.44. The number of nitrogens with one attached hydrogen (secondary N) is 1. The lowest BCUT2D eigenvalue weighted by atomic mass is 10.0. The lowest BCUT2D eigenvalue weighted by Gasteiger charge is -2.11. The Labute approximate surface area is 162 Å². The fourth-order valence-corrected chi connectivity index (χ4v) is 5.18. The summed E-state index contributed by atoms with van der Waals surface area (Å²) in [5.41, 5.74) is 4.70. The Morgan fingerprint density at radius 3 is 3.04 bits per heavy atom. The molecule has 1 aliphatic heterocycles. The van der Waals surface area contributed by atoms with Gasteiger partial charge < -0.3 is 9.55 Å². The van der Waals surface area contributed by atoms with Gasteiger partial charge in [0.2, 0.25) is 0 Å². The number of ketones is 1. The normalized spacial score (nSPS) is 16.1. The minimum absolute atomic E-state index is 0.0692. The Bertz CT molecular complexity index is 1130. The van der Waals surface area contributed by atoms with Crippen LogP contribution in [0.15, 0.2) is 65.7 Å². The predicted octanol–water partition coefficient (Wildman–Crippen LogP) is 5.15. The second kappa shape index (κ2) is 6.14. The van der Waals surface area contributed by atoms with Crippen LogP contribution in [0.25, 0.3) is 10.9 Å². The Hall–Kier alpha value is -2.31. The number of hydrogen-bond acceptors (Lipinski definition) is 3. The highest BCUT2D eigenvalue weighted by Gasteiger charge is 2.29. The van der Waals surface area contributed by atoms with Crippen molar-refractivity contribution in [2.24, 2.45) is 0 Å². The van der Waals surface area contributed by atoms with E-state index in [0.717, 1.165) is 43.5 Å². The van der Waals surface area contributed by atoms with E-state index in [4.69, 9.17) is 0 Å². The van der Waals surface area contributed by atoms with E-state index in [9.17, 15) is 4.79 Å². The average Bonchev–Trinajstić information content (AvgIpc) is 3.36. The molecule has 0 saturated carbocycles. The van der Waals surface area contributed by atoms with Gasteiger partial charge in [0.25, 0.3) is 0 Å². The molecule has 1 aromatic carbocycles. The van der Waals surface area contributed by atoms with E-state index in [1.54, 1.807) is 6.20 Å². The highest BCUT2D eigenvalue weighted by atomic mass is 79.9. The molecule has 1 aliphatic rings. The maximum atomic E-state index is 13.2. The Kier molecular flexibility index (Phi) is 3.76. The molecule has 0 saturated heterocycles. The maximum absolute atomic E-state index is 13.2. The molecule has 0 amide bonds. The Morgan fingerprint density at radius 1 is 1.27 bits per heavy atom. The molecule has 1 atom stereocenters. The first-order valence-electron chi connectivity index (χ1n) is 8.25. The fraction of sp³-hybridized carbons (Fsp3) is 0.100. The number of pyridine rings is 1. The molecule has 6 heteroatoms. The molecular weight excluding hydrogens is 410 g/mol. The van der Waals surface area contributed by atoms with Crippen LogP contribution in [0.5, 0.6) is 0 Å². The standard InChI is InChI=1S/C20H14BrN3OS/c21-13-3-4-14-16(10-23-17(14)8-13)19(25)15-5-7-24-18(15)11-26-20(24)12-2-1-6-22-9-12/h1-10,20,23H,11H2. The lowest BCUT2D eigenvalue weighted by molar-refractivity contribution is 0.103. The number of benzene rings is 1. The van der Waals surface area contributed by atoms with Crippen LogP contribution in [0, 0.1) is 0 Å². The van der Waals surface area contributed by atoms with Crippen LogP contribution in [-0.2, 0) is 5.75 Å². The molecule has 0 radical (unpaired) electrons. The van der Waals surface area contributed by atoms with Crippen molar-refractivity contribution in [1.29, 1.82) is 0 Å². The van der Waals surface area contributed by atoms with Crippen molar-refractivity contribution in [2.45, 2.75) is 11.1 Å². The molecule has 0 fully saturated rings. The third-order valence-electron chi connectivity index (χ3n) is 4.76. The van der Waals surface area contributed by atoms with Gasteiger partial charge in [-0.1, -0.05) is 28.1 Å². The van der Waals surface area contributed by atoms with Gasteiger partial charge in [-0.2, -0.15) is 0 Å². The quantitative estimate of drug-likeness (QED) is 0.463. The van der Waals surface area contributed by atoms with Crippen molar-refractivity contribution in [2.75, 3.05) is 0 Å². The first-order valence-corrected chi connectivity index (χ1v) is 10.1. The van der Waals surface area contributed by atoms with Crippen molar-refractivity contribution >= 4 is 44.4 Å². The number of fused-ring (bicyclic) bond motifs is 2. The maximum Gasteiger partial charge on any atom is 0.197 e. The number of thioether (sulfide) groups is 1. The second-order valence-electron chi connectivity index (χ2n) is 6.25. The lowest BCUT2D eigenvalue weighted by Crippen LogP contribution is -2.05. The average molecular weight is 424 g/mol. The topological polar surface area (TPSA) is 50.7 Å². The van der Waals surface area contributed by atoms with Gasteiger partial charge in [-0.25, -0.2) is 0 Å². The molecular formula is C20H14BrN3OS. The summed E-state index contributed by atoms with van der Waals surface area (Å²) in [5.74, 6) is 0.890. The van der Waals surface area contributed by atoms with Gasteiger partial charge in [-0.05, 0) is 24.3 Å². The number of H-pyrrole nitrogens is 1. The number of hydrogen-bond donors (Lipinski definition) is 1. The van der Waals surface area contributed by atoms with Crippen LogP contribution in [-0.4, -0.2) is 20.3 Å². The van der Waals surface area contributed by atoms with E-state index in [1.807, 2.05) is 60.7 Å². The van der Waals surface area contributed by atoms with Crippen LogP contribution < -0.4 is 0 Å². The molecule has 3 aromatic heterocycles. The predicted molar refractivity (Wildman–Crippen MR) is 108 cm³/mol. The van der Waals surface area contributed by atoms with Crippen molar-refractivity contribution in [3.63, 3.8) is 0 Å². The summed E-state index contributed by atoms with van der Waals surface area (Å²) in [6, 6.07) is 11.9. The molecule has 128 valence electrons. The van der Waals surface area contributed by atoms with Gasteiger partial charge in [0.1, 0.15) is 5.37 Å². The zero-order chi connectivity index (χ0) is 17.7. The third-order valence-corrected chi connectivity index (χ3v) is 6.51. The van der Waals surface area contributed by atoms with Gasteiger partial charge in [0, 0.05) is 68.3 Å².